The fourth-order valence-electron chi connectivity index (χ4n) is 4.50. The van der Waals surface area contributed by atoms with E-state index in [1.807, 2.05) is 0 Å². The third-order valence-electron chi connectivity index (χ3n) is 6.35. The first-order chi connectivity index (χ1) is 17.6. The third-order valence-corrected chi connectivity index (χ3v) is 6.35. The first-order valence-electron chi connectivity index (χ1n) is 11.5. The lowest BCUT2D eigenvalue weighted by atomic mass is 9.83. The Kier molecular flexibility index (Phi) is 8.37. The lowest BCUT2D eigenvalue weighted by Gasteiger charge is -2.27. The molecule has 0 radical (unpaired) electrons. The molecule has 0 aliphatic carbocycles. The van der Waals surface area contributed by atoms with Crippen molar-refractivity contribution in [3.8, 4) is 11.1 Å². The van der Waals surface area contributed by atoms with Crippen molar-refractivity contribution in [2.45, 2.75) is 51.0 Å². The quantitative estimate of drug-likeness (QED) is 0.391. The summed E-state index contributed by atoms with van der Waals surface area (Å²) in [6.07, 6.45) is -14.8. The average molecular weight is 547 g/mol. The number of hydrogen-bond acceptors (Lipinski definition) is 3. The summed E-state index contributed by atoms with van der Waals surface area (Å²) < 4.78 is 91.7. The Balaban J connectivity index is 2.01. The number of nitrogens with two attached hydrogens (primary N) is 1. The molecule has 1 heterocycles. The number of carbonyl (C=O) groups is 3. The summed E-state index contributed by atoms with van der Waals surface area (Å²) in [4.78, 5) is 38.4. The highest BCUT2D eigenvalue weighted by atomic mass is 19.4. The molecule has 3 atom stereocenters. The van der Waals surface area contributed by atoms with Gasteiger partial charge in [-0.1, -0.05) is 24.3 Å². The number of primary amides is 1. The van der Waals surface area contributed by atoms with Gasteiger partial charge in [0.25, 0.3) is 5.91 Å². The van der Waals surface area contributed by atoms with E-state index < -0.39 is 79.5 Å². The van der Waals surface area contributed by atoms with Crippen LogP contribution < -0.4 is 16.4 Å². The lowest BCUT2D eigenvalue weighted by Crippen LogP contribution is -2.45. The van der Waals surface area contributed by atoms with Gasteiger partial charge in [-0.15, -0.1) is 0 Å². The van der Waals surface area contributed by atoms with Crippen molar-refractivity contribution < 1.29 is 45.1 Å². The molecule has 38 heavy (non-hydrogen) atoms. The molecule has 0 saturated carbocycles. The molecule has 206 valence electrons. The lowest BCUT2D eigenvalue weighted by molar-refractivity contribution is -0.152. The Morgan fingerprint density at radius 1 is 0.974 bits per heavy atom. The molecule has 0 aromatic heterocycles. The van der Waals surface area contributed by atoms with E-state index in [1.165, 1.54) is 6.07 Å². The van der Waals surface area contributed by atoms with Crippen LogP contribution in [0.1, 0.15) is 42.9 Å². The molecule has 6 nitrogen and oxygen atoms in total. The van der Waals surface area contributed by atoms with E-state index in [9.17, 15) is 45.1 Å². The van der Waals surface area contributed by atoms with Crippen LogP contribution in [0, 0.1) is 24.6 Å². The largest absolute Gasteiger partial charge is 0.389 e. The minimum Gasteiger partial charge on any atom is -0.369 e. The van der Waals surface area contributed by atoms with Gasteiger partial charge < -0.3 is 16.4 Å². The van der Waals surface area contributed by atoms with Gasteiger partial charge in [-0.2, -0.15) is 26.3 Å². The van der Waals surface area contributed by atoms with Crippen LogP contribution in [-0.4, -0.2) is 30.1 Å². The molecule has 0 unspecified atom stereocenters. The zero-order valence-electron chi connectivity index (χ0n) is 20.0. The number of halogens is 7. The van der Waals surface area contributed by atoms with E-state index in [0.717, 1.165) is 12.1 Å². The van der Waals surface area contributed by atoms with Gasteiger partial charge in [-0.3, -0.25) is 14.4 Å². The molecule has 0 spiro atoms. The topological polar surface area (TPSA) is 101 Å². The van der Waals surface area contributed by atoms with E-state index >= 15 is 0 Å². The van der Waals surface area contributed by atoms with Crippen LogP contribution in [0.2, 0.25) is 0 Å². The van der Waals surface area contributed by atoms with Gasteiger partial charge in [0, 0.05) is 30.2 Å². The predicted octanol–water partition coefficient (Wildman–Crippen LogP) is 5.31. The summed E-state index contributed by atoms with van der Waals surface area (Å²) in [5.74, 6) is -8.16. The van der Waals surface area contributed by atoms with Crippen molar-refractivity contribution in [1.29, 1.82) is 0 Å². The second-order valence-corrected chi connectivity index (χ2v) is 9.08. The molecule has 1 aliphatic heterocycles. The number of carbonyl (C=O) groups excluding carboxylic acids is 3. The Hall–Kier alpha value is -3.64. The van der Waals surface area contributed by atoms with E-state index in [0.29, 0.717) is 22.4 Å². The zero-order valence-corrected chi connectivity index (χ0v) is 20.0. The Labute approximate surface area is 212 Å². The van der Waals surface area contributed by atoms with Crippen LogP contribution >= 0.6 is 0 Å². The highest BCUT2D eigenvalue weighted by Crippen LogP contribution is 2.40. The molecule has 0 saturated heterocycles. The van der Waals surface area contributed by atoms with Gasteiger partial charge in [0.2, 0.25) is 11.8 Å². The summed E-state index contributed by atoms with van der Waals surface area (Å²) in [5.41, 5.74) is 6.98. The van der Waals surface area contributed by atoms with Crippen molar-refractivity contribution >= 4 is 23.4 Å². The maximum atomic E-state index is 14.2. The molecular formula is C25H24F7N3O3. The molecule has 1 aliphatic rings. The second kappa shape index (κ2) is 11.0. The summed E-state index contributed by atoms with van der Waals surface area (Å²) in [6.45, 7) is 1.69. The van der Waals surface area contributed by atoms with E-state index in [1.54, 1.807) is 25.1 Å². The van der Waals surface area contributed by atoms with E-state index in [-0.39, 0.29) is 5.56 Å². The number of alkyl halides is 6. The molecular weight excluding hydrogens is 523 g/mol. The minimum absolute atomic E-state index is 0.0271. The van der Waals surface area contributed by atoms with Crippen molar-refractivity contribution in [3.63, 3.8) is 0 Å². The van der Waals surface area contributed by atoms with Crippen LogP contribution in [0.3, 0.4) is 0 Å². The van der Waals surface area contributed by atoms with E-state index in [4.69, 9.17) is 5.73 Å². The number of aryl methyl sites for hydroxylation is 1. The van der Waals surface area contributed by atoms with Gasteiger partial charge in [0.15, 0.2) is 0 Å². The fourth-order valence-corrected chi connectivity index (χ4v) is 4.50. The highest BCUT2D eigenvalue weighted by molar-refractivity contribution is 6.05. The number of fused-ring (bicyclic) bond motifs is 3. The number of nitrogens with one attached hydrogen (secondary N) is 2. The SMILES string of the molecule is Cc1cccc2c1NC(=O)[C@@H](NC(=O)[C@@H](CCC(F)(F)F)[C@@H](CCC(F)(F)F)C(N)=O)c1cc(F)ccc1-2. The van der Waals surface area contributed by atoms with Crippen LogP contribution in [-0.2, 0) is 14.4 Å². The maximum Gasteiger partial charge on any atom is 0.389 e. The van der Waals surface area contributed by atoms with E-state index in [2.05, 4.69) is 10.6 Å². The fraction of sp³-hybridized carbons (Fsp3) is 0.400. The van der Waals surface area contributed by atoms with Crippen molar-refractivity contribution in [2.24, 2.45) is 17.6 Å². The maximum absolute atomic E-state index is 14.2. The Morgan fingerprint density at radius 2 is 1.58 bits per heavy atom. The number of anilines is 1. The summed E-state index contributed by atoms with van der Waals surface area (Å²) in [6, 6.07) is 6.81. The molecule has 3 rings (SSSR count). The Morgan fingerprint density at radius 3 is 2.16 bits per heavy atom. The average Bonchev–Trinajstić information content (AvgIpc) is 2.89. The van der Waals surface area contributed by atoms with Gasteiger partial charge in [0.05, 0.1) is 5.69 Å². The normalized spacial score (nSPS) is 16.9. The van der Waals surface area contributed by atoms with Gasteiger partial charge >= 0.3 is 12.4 Å². The molecule has 0 fully saturated rings. The number of rotatable bonds is 8. The summed E-state index contributed by atoms with van der Waals surface area (Å²) in [5, 5.41) is 4.85. The molecule has 4 N–H and O–H groups in total. The number of benzene rings is 2. The van der Waals surface area contributed by atoms with Crippen LogP contribution in [0.4, 0.5) is 36.4 Å². The first kappa shape index (κ1) is 28.9. The van der Waals surface area contributed by atoms with Gasteiger partial charge in [-0.25, -0.2) is 4.39 Å². The number of para-hydroxylation sites is 1. The molecule has 2 aromatic carbocycles. The molecule has 2 aromatic rings. The molecule has 0 bridgehead atoms. The van der Waals surface area contributed by atoms with Crippen molar-refractivity contribution in [3.05, 3.63) is 53.3 Å². The third kappa shape index (κ3) is 7.01. The predicted molar refractivity (Wildman–Crippen MR) is 123 cm³/mol. The van der Waals surface area contributed by atoms with Crippen molar-refractivity contribution in [2.75, 3.05) is 5.32 Å². The summed E-state index contributed by atoms with van der Waals surface area (Å²) >= 11 is 0. The summed E-state index contributed by atoms with van der Waals surface area (Å²) in [7, 11) is 0. The van der Waals surface area contributed by atoms with Gasteiger partial charge in [0.1, 0.15) is 11.9 Å². The van der Waals surface area contributed by atoms with Crippen LogP contribution in [0.5, 0.6) is 0 Å². The van der Waals surface area contributed by atoms with Gasteiger partial charge in [-0.05, 0) is 48.6 Å². The van der Waals surface area contributed by atoms with Crippen LogP contribution in [0.25, 0.3) is 11.1 Å². The highest BCUT2D eigenvalue weighted by Gasteiger charge is 2.41. The smallest absolute Gasteiger partial charge is 0.369 e. The molecule has 3 amide bonds. The van der Waals surface area contributed by atoms with Crippen LogP contribution in [0.15, 0.2) is 36.4 Å². The second-order valence-electron chi connectivity index (χ2n) is 9.08. The first-order valence-corrected chi connectivity index (χ1v) is 11.5. The standard InChI is InChI=1S/C25H24F7N3O3/c1-12-3-2-4-15-14-6-5-13(26)11-18(14)20(23(38)34-19(12)15)35-22(37)17(8-10-25(30,31)32)16(21(33)36)7-9-24(27,28)29/h2-6,11,16-17,20H,7-10H2,1H3,(H2,33,36)(H,34,38)(H,35,37)/t16-,17+,20+/m1/s1. The van der Waals surface area contributed by atoms with Crippen molar-refractivity contribution in [1.82, 2.24) is 5.32 Å². The molecule has 13 heteroatoms. The monoisotopic (exact) mass is 547 g/mol. The minimum atomic E-state index is -4.79. The zero-order chi connectivity index (χ0) is 28.4. The number of amides is 3. The number of hydrogen-bond donors (Lipinski definition) is 3. The Bertz CT molecular complexity index is 1230.